The number of aryl methyl sites for hydroxylation is 2. The van der Waals surface area contributed by atoms with Crippen molar-refractivity contribution in [3.63, 3.8) is 0 Å². The number of azo groups is 2. The molecule has 2 N–H and O–H groups in total. The minimum absolute atomic E-state index is 0.154. The Labute approximate surface area is 483 Å². The smallest absolute Gasteiger partial charge is 0.261 e. The topological polar surface area (TPSA) is 149 Å². The van der Waals surface area contributed by atoms with Gasteiger partial charge in [0.15, 0.2) is 17.3 Å². The molecular formula is C71H56N8O5. The van der Waals surface area contributed by atoms with Crippen molar-refractivity contribution in [3.05, 3.63) is 215 Å². The molecule has 1 aliphatic rings. The van der Waals surface area contributed by atoms with Crippen LogP contribution in [0.1, 0.15) is 56.8 Å². The molecule has 2 aromatic heterocycles. The van der Waals surface area contributed by atoms with Gasteiger partial charge in [0.25, 0.3) is 5.91 Å². The van der Waals surface area contributed by atoms with Crippen molar-refractivity contribution in [2.45, 2.75) is 33.3 Å². The number of nitrogens with zero attached hydrogens (tertiary/aromatic N) is 6. The van der Waals surface area contributed by atoms with Gasteiger partial charge in [-0.1, -0.05) is 141 Å². The minimum atomic E-state index is -0.251. The van der Waals surface area contributed by atoms with E-state index in [1.54, 1.807) is 31.2 Å². The lowest BCUT2D eigenvalue weighted by atomic mass is 9.82. The number of rotatable bonds is 14. The van der Waals surface area contributed by atoms with Gasteiger partial charge < -0.3 is 24.3 Å². The Morgan fingerprint density at radius 1 is 0.488 bits per heavy atom. The summed E-state index contributed by atoms with van der Waals surface area (Å²) in [6.07, 6.45) is 1.62. The molecule has 84 heavy (non-hydrogen) atoms. The first-order chi connectivity index (χ1) is 41.2. The molecular weight excluding hydrogens is 1040 g/mol. The number of carbonyl (C=O) groups excluding carboxylic acids is 2. The molecule has 0 spiro atoms. The van der Waals surface area contributed by atoms with Crippen LogP contribution in [0, 0.1) is 0 Å². The number of ketones is 1. The third-order valence-electron chi connectivity index (χ3n) is 16.6. The molecule has 1 aliphatic carbocycles. The molecule has 2 heterocycles. The van der Waals surface area contributed by atoms with Gasteiger partial charge >= 0.3 is 0 Å². The molecule has 1 amide bonds. The molecule has 0 saturated carbocycles. The van der Waals surface area contributed by atoms with E-state index in [0.717, 1.165) is 122 Å². The predicted molar refractivity (Wildman–Crippen MR) is 338 cm³/mol. The highest BCUT2D eigenvalue weighted by atomic mass is 16.7. The van der Waals surface area contributed by atoms with Gasteiger partial charge in [-0.15, -0.1) is 15.3 Å². The van der Waals surface area contributed by atoms with Gasteiger partial charge in [0.2, 0.25) is 0 Å². The lowest BCUT2D eigenvalue weighted by Crippen LogP contribution is -2.27. The van der Waals surface area contributed by atoms with Crippen molar-refractivity contribution >= 4 is 122 Å². The molecule has 13 heteroatoms. The van der Waals surface area contributed by atoms with Crippen LogP contribution in [0.3, 0.4) is 0 Å². The van der Waals surface area contributed by atoms with Crippen LogP contribution in [0.2, 0.25) is 0 Å². The summed E-state index contributed by atoms with van der Waals surface area (Å²) in [5, 5.41) is 30.8. The van der Waals surface area contributed by atoms with E-state index < -0.39 is 0 Å². The zero-order chi connectivity index (χ0) is 57.3. The molecule has 0 unspecified atom stereocenters. The number of anilines is 2. The summed E-state index contributed by atoms with van der Waals surface area (Å²) in [7, 11) is 6.90. The number of amides is 1. The van der Waals surface area contributed by atoms with Gasteiger partial charge in [0.05, 0.1) is 47.9 Å². The van der Waals surface area contributed by atoms with Gasteiger partial charge in [0.1, 0.15) is 18.0 Å². The number of benzene rings is 11. The monoisotopic (exact) mass is 1100 g/mol. The Bertz CT molecular complexity index is 4960. The second kappa shape index (κ2) is 20.8. The molecule has 14 rings (SSSR count). The van der Waals surface area contributed by atoms with E-state index >= 15 is 0 Å². The lowest BCUT2D eigenvalue weighted by molar-refractivity contribution is 0.0988. The lowest BCUT2D eigenvalue weighted by Gasteiger charge is -2.22. The van der Waals surface area contributed by atoms with Crippen LogP contribution in [-0.4, -0.2) is 50.0 Å². The van der Waals surface area contributed by atoms with Gasteiger partial charge in [-0.2, -0.15) is 5.11 Å². The fourth-order valence-electron chi connectivity index (χ4n) is 12.5. The first-order valence-corrected chi connectivity index (χ1v) is 28.1. The zero-order valence-corrected chi connectivity index (χ0v) is 47.2. The second-order valence-corrected chi connectivity index (χ2v) is 21.2. The maximum absolute atomic E-state index is 14.9. The first kappa shape index (κ1) is 51.6. The fraction of sp³-hybridized carbons (Fsp3) is 0.127. The predicted octanol–water partition coefficient (Wildman–Crippen LogP) is 18.4. The highest BCUT2D eigenvalue weighted by molar-refractivity contribution is 6.28. The molecule has 13 nitrogen and oxygen atoms in total. The third kappa shape index (κ3) is 8.33. The average Bonchev–Trinajstić information content (AvgIpc) is 2.01. The van der Waals surface area contributed by atoms with Gasteiger partial charge in [0, 0.05) is 90.6 Å². The van der Waals surface area contributed by atoms with E-state index in [-0.39, 0.29) is 18.3 Å². The average molecular weight is 1100 g/mol. The van der Waals surface area contributed by atoms with E-state index in [9.17, 15) is 9.59 Å². The largest absolute Gasteiger partial charge is 0.494 e. The van der Waals surface area contributed by atoms with Crippen LogP contribution in [0.15, 0.2) is 202 Å². The quantitative estimate of drug-likeness (QED) is 0.0818. The fourth-order valence-corrected chi connectivity index (χ4v) is 12.5. The van der Waals surface area contributed by atoms with Crippen molar-refractivity contribution in [2.75, 3.05) is 38.3 Å². The zero-order valence-electron chi connectivity index (χ0n) is 47.2. The molecule has 0 fully saturated rings. The Morgan fingerprint density at radius 3 is 1.75 bits per heavy atom. The van der Waals surface area contributed by atoms with Crippen molar-refractivity contribution in [2.24, 2.45) is 20.5 Å². The number of methoxy groups -OCH3 is 2. The third-order valence-corrected chi connectivity index (χ3v) is 16.6. The maximum atomic E-state index is 14.9. The highest BCUT2D eigenvalue weighted by Crippen LogP contribution is 2.49. The summed E-state index contributed by atoms with van der Waals surface area (Å²) in [4.78, 5) is 45.1. The van der Waals surface area contributed by atoms with Crippen molar-refractivity contribution in [3.8, 4) is 22.6 Å². The van der Waals surface area contributed by atoms with E-state index in [0.29, 0.717) is 50.9 Å². The number of hydrogen-bond acceptors (Lipinski definition) is 10. The summed E-state index contributed by atoms with van der Waals surface area (Å²) in [5.41, 5.74) is 13.5. The Hall–Kier alpha value is -10.5. The summed E-state index contributed by atoms with van der Waals surface area (Å²) < 4.78 is 12.5. The molecule has 0 bridgehead atoms. The van der Waals surface area contributed by atoms with Crippen LogP contribution in [0.5, 0.6) is 11.5 Å². The number of aromatic amines is 2. The molecule has 0 saturated heterocycles. The van der Waals surface area contributed by atoms with Gasteiger partial charge in [-0.25, -0.2) is 0 Å². The standard InChI is InChI=1S/C71H56N8O5/c1-7-40-18-9-15-26-59(40)78(3)71(81)55-37-43-29-32-51-48-21-12-14-25-57(48)73-65(51)62(43)67(70(55)83-6)77-75-58-35-34-49-46-33-30-45(38-54(46)68(80)53-23-17-22-52(58)63(49)53)74-76-66-61-42(28-31-50-47-20-11-13-24-56(47)72-64(50)61)36-44(69(66)82-5)39-84-79(4)60-27-16-10-19-41(60)8-2/h9-38,72-73H,7-8,39H2,1-6H3. The molecule has 0 radical (unpaired) electrons. The number of carbonyl (C=O) groups is 2. The summed E-state index contributed by atoms with van der Waals surface area (Å²) in [5.74, 6) is 0.412. The van der Waals surface area contributed by atoms with Gasteiger partial charge in [-0.3, -0.25) is 19.5 Å². The summed E-state index contributed by atoms with van der Waals surface area (Å²) in [6.45, 7) is 4.40. The SMILES string of the molecule is CCc1ccccc1N(C)OCc1cc2ccc3c4ccccc4[nH]c3c2c(N=Nc2ccc3c(c2)C(=O)c2cccc4c(N=Nc5c(OC)c(C(=O)N(C)c6ccccc6CC)cc6ccc7c8ccccc8[nH]c7c56)ccc-3c24)c1OC. The number of hydrogen-bond donors (Lipinski definition) is 2. The Balaban J connectivity index is 0.859. The Morgan fingerprint density at radius 2 is 1.07 bits per heavy atom. The van der Waals surface area contributed by atoms with Crippen molar-refractivity contribution in [1.29, 1.82) is 0 Å². The molecule has 11 aromatic carbocycles. The Kier molecular flexibility index (Phi) is 12.8. The minimum Gasteiger partial charge on any atom is -0.494 e. The molecule has 0 atom stereocenters. The van der Waals surface area contributed by atoms with E-state index in [1.807, 2.05) is 134 Å². The number of ether oxygens (including phenoxy) is 2. The van der Waals surface area contributed by atoms with Crippen LogP contribution >= 0.6 is 0 Å². The van der Waals surface area contributed by atoms with Crippen molar-refractivity contribution < 1.29 is 23.9 Å². The first-order valence-electron chi connectivity index (χ1n) is 28.1. The molecule has 0 aliphatic heterocycles. The highest BCUT2D eigenvalue weighted by Gasteiger charge is 2.29. The normalized spacial score (nSPS) is 12.3. The summed E-state index contributed by atoms with van der Waals surface area (Å²) >= 11 is 0. The summed E-state index contributed by atoms with van der Waals surface area (Å²) in [6, 6.07) is 60.1. The number of aromatic nitrogens is 2. The van der Waals surface area contributed by atoms with Crippen LogP contribution in [-0.2, 0) is 24.3 Å². The molecule has 13 aromatic rings. The van der Waals surface area contributed by atoms with Crippen LogP contribution < -0.4 is 19.4 Å². The van der Waals surface area contributed by atoms with Crippen molar-refractivity contribution in [1.82, 2.24) is 9.97 Å². The number of fused-ring (bicyclic) bond motifs is 12. The van der Waals surface area contributed by atoms with Crippen LogP contribution in [0.4, 0.5) is 34.1 Å². The molecule has 410 valence electrons. The second-order valence-electron chi connectivity index (χ2n) is 21.2. The number of hydroxylamine groups is 1. The van der Waals surface area contributed by atoms with Crippen LogP contribution in [0.25, 0.3) is 87.1 Å². The van der Waals surface area contributed by atoms with E-state index in [4.69, 9.17) is 34.8 Å². The number of para-hydroxylation sites is 4. The number of H-pyrrole nitrogens is 2. The maximum Gasteiger partial charge on any atom is 0.261 e. The number of nitrogens with one attached hydrogen (secondary N) is 2. The van der Waals surface area contributed by atoms with E-state index in [2.05, 4.69) is 78.4 Å². The van der Waals surface area contributed by atoms with E-state index in [1.165, 1.54) is 5.56 Å². The van der Waals surface area contributed by atoms with Gasteiger partial charge in [-0.05, 0) is 100 Å².